The van der Waals surface area contributed by atoms with Crippen LogP contribution in [0.25, 0.3) is 0 Å². The standard InChI is InChI=1S/C14H14N2O/c1-11(17)16-13-7-8-15-14(10-13)9-12-5-3-2-4-6-12/h2-8,10H,9H2,1H3,(H,15,16,17). The van der Waals surface area contributed by atoms with Gasteiger partial charge in [0.15, 0.2) is 0 Å². The van der Waals surface area contributed by atoms with Gasteiger partial charge in [-0.25, -0.2) is 0 Å². The molecule has 0 aliphatic carbocycles. The van der Waals surface area contributed by atoms with Gasteiger partial charge in [0, 0.05) is 30.9 Å². The molecule has 1 amide bonds. The SMILES string of the molecule is CC(=O)Nc1ccnc(Cc2ccccc2)c1. The molecule has 3 nitrogen and oxygen atoms in total. The maximum Gasteiger partial charge on any atom is 0.221 e. The molecule has 1 aromatic carbocycles. The van der Waals surface area contributed by atoms with Crippen molar-refractivity contribution in [2.45, 2.75) is 13.3 Å². The zero-order chi connectivity index (χ0) is 12.1. The van der Waals surface area contributed by atoms with Crippen LogP contribution >= 0.6 is 0 Å². The van der Waals surface area contributed by atoms with E-state index in [1.54, 1.807) is 12.3 Å². The van der Waals surface area contributed by atoms with Gasteiger partial charge in [0.2, 0.25) is 5.91 Å². The Labute approximate surface area is 101 Å². The highest BCUT2D eigenvalue weighted by atomic mass is 16.1. The highest BCUT2D eigenvalue weighted by Gasteiger charge is 2.00. The van der Waals surface area contributed by atoms with Crippen LogP contribution in [-0.4, -0.2) is 10.9 Å². The minimum Gasteiger partial charge on any atom is -0.326 e. The molecule has 2 aromatic rings. The summed E-state index contributed by atoms with van der Waals surface area (Å²) >= 11 is 0. The predicted octanol–water partition coefficient (Wildman–Crippen LogP) is 2.63. The number of hydrogen-bond donors (Lipinski definition) is 1. The van der Waals surface area contributed by atoms with E-state index in [1.165, 1.54) is 12.5 Å². The van der Waals surface area contributed by atoms with Gasteiger partial charge in [0.1, 0.15) is 0 Å². The van der Waals surface area contributed by atoms with Crippen LogP contribution in [0, 0.1) is 0 Å². The summed E-state index contributed by atoms with van der Waals surface area (Å²) in [5, 5.41) is 2.75. The number of benzene rings is 1. The van der Waals surface area contributed by atoms with Crippen molar-refractivity contribution in [3.63, 3.8) is 0 Å². The fourth-order valence-electron chi connectivity index (χ4n) is 1.66. The molecule has 1 aromatic heterocycles. The number of hydrogen-bond acceptors (Lipinski definition) is 2. The van der Waals surface area contributed by atoms with Crippen LogP contribution in [0.2, 0.25) is 0 Å². The predicted molar refractivity (Wildman–Crippen MR) is 67.8 cm³/mol. The van der Waals surface area contributed by atoms with Crippen LogP contribution in [0.3, 0.4) is 0 Å². The fourth-order valence-corrected chi connectivity index (χ4v) is 1.66. The summed E-state index contributed by atoms with van der Waals surface area (Å²) in [5.41, 5.74) is 2.95. The Hall–Kier alpha value is -2.16. The number of pyridine rings is 1. The van der Waals surface area contributed by atoms with E-state index in [4.69, 9.17) is 0 Å². The summed E-state index contributed by atoms with van der Waals surface area (Å²) in [6.45, 7) is 1.50. The van der Waals surface area contributed by atoms with Crippen molar-refractivity contribution >= 4 is 11.6 Å². The molecule has 0 aliphatic rings. The number of carbonyl (C=O) groups excluding carboxylic acids is 1. The van der Waals surface area contributed by atoms with Crippen LogP contribution in [0.4, 0.5) is 5.69 Å². The van der Waals surface area contributed by atoms with Crippen molar-refractivity contribution in [2.75, 3.05) is 5.32 Å². The second-order valence-corrected chi connectivity index (χ2v) is 3.88. The first-order valence-electron chi connectivity index (χ1n) is 5.50. The van der Waals surface area contributed by atoms with Crippen LogP contribution in [0.15, 0.2) is 48.7 Å². The largest absolute Gasteiger partial charge is 0.326 e. The van der Waals surface area contributed by atoms with E-state index >= 15 is 0 Å². The first-order valence-corrected chi connectivity index (χ1v) is 5.50. The molecule has 0 fully saturated rings. The number of carbonyl (C=O) groups is 1. The summed E-state index contributed by atoms with van der Waals surface area (Å²) < 4.78 is 0. The first-order chi connectivity index (χ1) is 8.24. The van der Waals surface area contributed by atoms with E-state index in [1.807, 2.05) is 24.3 Å². The summed E-state index contributed by atoms with van der Waals surface area (Å²) in [6, 6.07) is 13.8. The van der Waals surface area contributed by atoms with Crippen molar-refractivity contribution in [1.29, 1.82) is 0 Å². The lowest BCUT2D eigenvalue weighted by Gasteiger charge is -2.05. The molecule has 0 atom stereocenters. The molecule has 86 valence electrons. The average Bonchev–Trinajstić information content (AvgIpc) is 2.30. The molecule has 0 saturated carbocycles. The molecule has 1 N–H and O–H groups in total. The minimum atomic E-state index is -0.0677. The molecule has 2 rings (SSSR count). The third kappa shape index (κ3) is 3.41. The number of aromatic nitrogens is 1. The van der Waals surface area contributed by atoms with Gasteiger partial charge in [-0.05, 0) is 17.7 Å². The summed E-state index contributed by atoms with van der Waals surface area (Å²) in [5.74, 6) is -0.0677. The number of nitrogens with one attached hydrogen (secondary N) is 1. The Morgan fingerprint density at radius 2 is 2.00 bits per heavy atom. The van der Waals surface area contributed by atoms with E-state index in [0.29, 0.717) is 0 Å². The molecule has 0 unspecified atom stereocenters. The van der Waals surface area contributed by atoms with Gasteiger partial charge in [0.05, 0.1) is 0 Å². The topological polar surface area (TPSA) is 42.0 Å². The molecular formula is C14H14N2O. The molecule has 1 heterocycles. The highest BCUT2D eigenvalue weighted by Crippen LogP contribution is 2.12. The maximum absolute atomic E-state index is 11.0. The smallest absolute Gasteiger partial charge is 0.221 e. The summed E-state index contributed by atoms with van der Waals surface area (Å²) in [6.07, 6.45) is 2.48. The summed E-state index contributed by atoms with van der Waals surface area (Å²) in [7, 11) is 0. The third-order valence-electron chi connectivity index (χ3n) is 2.37. The lowest BCUT2D eigenvalue weighted by Crippen LogP contribution is -2.06. The maximum atomic E-state index is 11.0. The molecule has 17 heavy (non-hydrogen) atoms. The van der Waals surface area contributed by atoms with Crippen molar-refractivity contribution in [3.05, 3.63) is 59.9 Å². The van der Waals surface area contributed by atoms with E-state index < -0.39 is 0 Å². The van der Waals surface area contributed by atoms with Gasteiger partial charge in [-0.1, -0.05) is 30.3 Å². The Morgan fingerprint density at radius 1 is 1.24 bits per heavy atom. The molecule has 0 spiro atoms. The molecule has 0 saturated heterocycles. The Kier molecular flexibility index (Phi) is 3.50. The van der Waals surface area contributed by atoms with Crippen molar-refractivity contribution in [1.82, 2.24) is 4.98 Å². The second-order valence-electron chi connectivity index (χ2n) is 3.88. The van der Waals surface area contributed by atoms with Gasteiger partial charge < -0.3 is 5.32 Å². The Bertz CT molecular complexity index is 509. The average molecular weight is 226 g/mol. The lowest BCUT2D eigenvalue weighted by atomic mass is 10.1. The molecular weight excluding hydrogens is 212 g/mol. The van der Waals surface area contributed by atoms with E-state index in [-0.39, 0.29) is 5.91 Å². The monoisotopic (exact) mass is 226 g/mol. The van der Waals surface area contributed by atoms with Crippen LogP contribution < -0.4 is 5.32 Å². The quantitative estimate of drug-likeness (QED) is 0.874. The Morgan fingerprint density at radius 3 is 2.71 bits per heavy atom. The molecule has 3 heteroatoms. The molecule has 0 bridgehead atoms. The van der Waals surface area contributed by atoms with E-state index in [0.717, 1.165) is 17.8 Å². The number of rotatable bonds is 3. The molecule has 0 aliphatic heterocycles. The normalized spacial score (nSPS) is 9.94. The first kappa shape index (κ1) is 11.3. The van der Waals surface area contributed by atoms with E-state index in [2.05, 4.69) is 22.4 Å². The van der Waals surface area contributed by atoms with Gasteiger partial charge in [-0.2, -0.15) is 0 Å². The van der Waals surface area contributed by atoms with Gasteiger partial charge in [-0.15, -0.1) is 0 Å². The molecule has 0 radical (unpaired) electrons. The highest BCUT2D eigenvalue weighted by molar-refractivity contribution is 5.88. The van der Waals surface area contributed by atoms with Gasteiger partial charge in [-0.3, -0.25) is 9.78 Å². The van der Waals surface area contributed by atoms with Crippen molar-refractivity contribution in [2.24, 2.45) is 0 Å². The van der Waals surface area contributed by atoms with Crippen molar-refractivity contribution in [3.8, 4) is 0 Å². The van der Waals surface area contributed by atoms with Gasteiger partial charge >= 0.3 is 0 Å². The lowest BCUT2D eigenvalue weighted by molar-refractivity contribution is -0.114. The fraction of sp³-hybridized carbons (Fsp3) is 0.143. The number of nitrogens with zero attached hydrogens (tertiary/aromatic N) is 1. The number of amides is 1. The second kappa shape index (κ2) is 5.25. The van der Waals surface area contributed by atoms with E-state index in [9.17, 15) is 4.79 Å². The zero-order valence-corrected chi connectivity index (χ0v) is 9.68. The van der Waals surface area contributed by atoms with Crippen LogP contribution in [0.1, 0.15) is 18.2 Å². The third-order valence-corrected chi connectivity index (χ3v) is 2.37. The van der Waals surface area contributed by atoms with Crippen LogP contribution in [0.5, 0.6) is 0 Å². The minimum absolute atomic E-state index is 0.0677. The zero-order valence-electron chi connectivity index (χ0n) is 9.68. The number of anilines is 1. The van der Waals surface area contributed by atoms with Gasteiger partial charge in [0.25, 0.3) is 0 Å². The van der Waals surface area contributed by atoms with Crippen molar-refractivity contribution < 1.29 is 4.79 Å². The summed E-state index contributed by atoms with van der Waals surface area (Å²) in [4.78, 5) is 15.2. The van der Waals surface area contributed by atoms with Crippen LogP contribution in [-0.2, 0) is 11.2 Å². The Balaban J connectivity index is 2.14.